The van der Waals surface area contributed by atoms with Gasteiger partial charge in [0, 0.05) is 37.3 Å². The number of carbonyl (C=O) groups excluding carboxylic acids is 3. The average Bonchev–Trinajstić information content (AvgIpc) is 3.19. The van der Waals surface area contributed by atoms with Crippen LogP contribution in [-0.2, 0) is 16.1 Å². The average molecular weight is 465 g/mol. The first-order valence-corrected chi connectivity index (χ1v) is 12.1. The second-order valence-corrected chi connectivity index (χ2v) is 9.50. The molecule has 8 heteroatoms. The Labute approximate surface area is 198 Å². The van der Waals surface area contributed by atoms with Gasteiger partial charge in [0.05, 0.1) is 0 Å². The lowest BCUT2D eigenvalue weighted by atomic mass is 10.1. The first-order chi connectivity index (χ1) is 16.0. The second kappa shape index (κ2) is 10.7. The van der Waals surface area contributed by atoms with Gasteiger partial charge in [0.15, 0.2) is 5.17 Å². The van der Waals surface area contributed by atoms with Gasteiger partial charge in [0.2, 0.25) is 5.91 Å². The quantitative estimate of drug-likeness (QED) is 0.680. The molecular weight excluding hydrogens is 436 g/mol. The van der Waals surface area contributed by atoms with Gasteiger partial charge in [-0.25, -0.2) is 0 Å². The molecule has 2 N–H and O–H groups in total. The van der Waals surface area contributed by atoms with Crippen molar-refractivity contribution in [3.63, 3.8) is 0 Å². The highest BCUT2D eigenvalue weighted by atomic mass is 32.2. The lowest BCUT2D eigenvalue weighted by molar-refractivity contribution is -0.121. The van der Waals surface area contributed by atoms with E-state index in [1.54, 1.807) is 24.3 Å². The molecule has 2 aliphatic rings. The minimum Gasteiger partial charge on any atom is -0.351 e. The molecule has 7 nitrogen and oxygen atoms in total. The van der Waals surface area contributed by atoms with Gasteiger partial charge in [-0.1, -0.05) is 36.0 Å². The number of thioether (sulfide) groups is 1. The van der Waals surface area contributed by atoms with E-state index in [2.05, 4.69) is 20.5 Å². The Hall–Kier alpha value is -3.13. The normalized spacial score (nSPS) is 18.1. The highest BCUT2D eigenvalue weighted by Gasteiger charge is 2.33. The maximum absolute atomic E-state index is 12.5. The Morgan fingerprint density at radius 1 is 1.06 bits per heavy atom. The zero-order valence-electron chi connectivity index (χ0n) is 18.7. The number of nitrogens with one attached hydrogen (secondary N) is 2. The van der Waals surface area contributed by atoms with Gasteiger partial charge in [0.1, 0.15) is 5.25 Å². The molecular formula is C25H28N4O3S. The third-order valence-corrected chi connectivity index (χ3v) is 7.07. The molecule has 0 saturated carbocycles. The molecule has 3 amide bonds. The molecule has 2 aliphatic heterocycles. The number of amidine groups is 1. The van der Waals surface area contributed by atoms with Crippen LogP contribution in [0.4, 0.5) is 5.69 Å². The van der Waals surface area contributed by atoms with E-state index >= 15 is 0 Å². The first kappa shape index (κ1) is 23.0. The van der Waals surface area contributed by atoms with Crippen LogP contribution in [0.5, 0.6) is 0 Å². The molecule has 2 heterocycles. The molecule has 1 fully saturated rings. The molecule has 1 saturated heterocycles. The zero-order valence-corrected chi connectivity index (χ0v) is 19.5. The number of rotatable bonds is 6. The molecule has 2 aromatic carbocycles. The predicted molar refractivity (Wildman–Crippen MR) is 131 cm³/mol. The van der Waals surface area contributed by atoms with Crippen LogP contribution in [-0.4, -0.2) is 46.1 Å². The number of aryl methyl sites for hydroxylation is 1. The summed E-state index contributed by atoms with van der Waals surface area (Å²) in [6, 6.07) is 14.7. The smallest absolute Gasteiger partial charge is 0.262 e. The van der Waals surface area contributed by atoms with Gasteiger partial charge in [-0.05, 0) is 61.6 Å². The maximum atomic E-state index is 12.5. The van der Waals surface area contributed by atoms with E-state index < -0.39 is 5.25 Å². The third-order valence-electron chi connectivity index (χ3n) is 5.86. The second-order valence-electron chi connectivity index (χ2n) is 8.33. The van der Waals surface area contributed by atoms with Gasteiger partial charge in [0.25, 0.3) is 11.8 Å². The van der Waals surface area contributed by atoms with Crippen molar-refractivity contribution in [3.8, 4) is 0 Å². The van der Waals surface area contributed by atoms with E-state index in [9.17, 15) is 14.4 Å². The van der Waals surface area contributed by atoms with Crippen molar-refractivity contribution in [2.24, 2.45) is 4.99 Å². The molecule has 0 aromatic heterocycles. The summed E-state index contributed by atoms with van der Waals surface area (Å²) in [5.41, 5.74) is 3.30. The summed E-state index contributed by atoms with van der Waals surface area (Å²) in [5, 5.41) is 6.00. The largest absolute Gasteiger partial charge is 0.351 e. The molecule has 33 heavy (non-hydrogen) atoms. The Kier molecular flexibility index (Phi) is 7.44. The van der Waals surface area contributed by atoms with E-state index in [-0.39, 0.29) is 24.1 Å². The lowest BCUT2D eigenvalue weighted by Gasteiger charge is -2.27. The van der Waals surface area contributed by atoms with E-state index in [0.29, 0.717) is 17.8 Å². The summed E-state index contributed by atoms with van der Waals surface area (Å²) in [4.78, 5) is 43.5. The molecule has 2 aromatic rings. The molecule has 1 unspecified atom stereocenters. The highest BCUT2D eigenvalue weighted by Crippen LogP contribution is 2.29. The number of hydrogen-bond donors (Lipinski definition) is 2. The summed E-state index contributed by atoms with van der Waals surface area (Å²) >= 11 is 1.39. The monoisotopic (exact) mass is 464 g/mol. The third kappa shape index (κ3) is 6.01. The minimum absolute atomic E-state index is 0.0724. The standard InChI is InChI=1S/C25H28N4O3S/c1-17-7-3-4-8-19(17)16-26-23(31)18-9-11-20(12-10-18)27-22(30)15-21-24(32)28-25(33-21)29-13-5-2-6-14-29/h3-4,7-12,21H,2,5-6,13-16H2,1H3,(H,26,31)(H,27,30). The zero-order chi connectivity index (χ0) is 23.2. The Morgan fingerprint density at radius 3 is 2.52 bits per heavy atom. The van der Waals surface area contributed by atoms with Crippen LogP contribution < -0.4 is 10.6 Å². The van der Waals surface area contributed by atoms with Crippen LogP contribution in [0.2, 0.25) is 0 Å². The van der Waals surface area contributed by atoms with Crippen molar-refractivity contribution in [2.45, 2.75) is 44.4 Å². The molecule has 1 atom stereocenters. The molecule has 4 rings (SSSR count). The Balaban J connectivity index is 1.25. The summed E-state index contributed by atoms with van der Waals surface area (Å²) in [6.07, 6.45) is 3.50. The van der Waals surface area contributed by atoms with Crippen molar-refractivity contribution in [2.75, 3.05) is 18.4 Å². The predicted octanol–water partition coefficient (Wildman–Crippen LogP) is 3.74. The topological polar surface area (TPSA) is 90.9 Å². The van der Waals surface area contributed by atoms with Crippen molar-refractivity contribution in [1.82, 2.24) is 10.2 Å². The number of aliphatic imine (C=N–C) groups is 1. The van der Waals surface area contributed by atoms with Gasteiger partial charge in [-0.3, -0.25) is 14.4 Å². The fourth-order valence-corrected chi connectivity index (χ4v) is 5.02. The summed E-state index contributed by atoms with van der Waals surface area (Å²) in [6.45, 7) is 4.31. The van der Waals surface area contributed by atoms with Crippen molar-refractivity contribution >= 4 is 40.3 Å². The SMILES string of the molecule is Cc1ccccc1CNC(=O)c1ccc(NC(=O)CC2SC(N3CCCCC3)=NC2=O)cc1. The van der Waals surface area contributed by atoms with E-state index in [0.717, 1.165) is 42.2 Å². The minimum atomic E-state index is -0.478. The van der Waals surface area contributed by atoms with E-state index in [1.165, 1.54) is 18.2 Å². The van der Waals surface area contributed by atoms with Crippen molar-refractivity contribution < 1.29 is 14.4 Å². The van der Waals surface area contributed by atoms with Crippen LogP contribution in [0.25, 0.3) is 0 Å². The van der Waals surface area contributed by atoms with Gasteiger partial charge in [-0.2, -0.15) is 4.99 Å². The molecule has 0 radical (unpaired) electrons. The Bertz CT molecular complexity index is 1060. The van der Waals surface area contributed by atoms with Gasteiger partial charge < -0.3 is 15.5 Å². The number of nitrogens with zero attached hydrogens (tertiary/aromatic N) is 2. The van der Waals surface area contributed by atoms with Crippen LogP contribution in [0.15, 0.2) is 53.5 Å². The van der Waals surface area contributed by atoms with Crippen molar-refractivity contribution in [1.29, 1.82) is 0 Å². The fraction of sp³-hybridized carbons (Fsp3) is 0.360. The highest BCUT2D eigenvalue weighted by molar-refractivity contribution is 8.15. The number of benzene rings is 2. The number of amides is 3. The maximum Gasteiger partial charge on any atom is 0.262 e. The van der Waals surface area contributed by atoms with Gasteiger partial charge in [-0.15, -0.1) is 0 Å². The molecule has 0 bridgehead atoms. The summed E-state index contributed by atoms with van der Waals surface area (Å²) in [5.74, 6) is -0.657. The number of anilines is 1. The lowest BCUT2D eigenvalue weighted by Crippen LogP contribution is -2.33. The van der Waals surface area contributed by atoms with E-state index in [4.69, 9.17) is 0 Å². The van der Waals surface area contributed by atoms with Crippen LogP contribution in [0, 0.1) is 6.92 Å². The summed E-state index contributed by atoms with van der Waals surface area (Å²) in [7, 11) is 0. The number of likely N-dealkylation sites (tertiary alicyclic amines) is 1. The Morgan fingerprint density at radius 2 is 1.79 bits per heavy atom. The van der Waals surface area contributed by atoms with Crippen molar-refractivity contribution in [3.05, 3.63) is 65.2 Å². The number of piperidine rings is 1. The van der Waals surface area contributed by atoms with Gasteiger partial charge >= 0.3 is 0 Å². The fourth-order valence-electron chi connectivity index (χ4n) is 3.90. The molecule has 0 spiro atoms. The van der Waals surface area contributed by atoms with Crippen LogP contribution in [0.1, 0.15) is 47.2 Å². The summed E-state index contributed by atoms with van der Waals surface area (Å²) < 4.78 is 0. The molecule has 0 aliphatic carbocycles. The molecule has 172 valence electrons. The number of carbonyl (C=O) groups is 3. The number of hydrogen-bond acceptors (Lipinski definition) is 5. The first-order valence-electron chi connectivity index (χ1n) is 11.3. The van der Waals surface area contributed by atoms with Crippen LogP contribution >= 0.6 is 11.8 Å². The van der Waals surface area contributed by atoms with E-state index in [1.807, 2.05) is 31.2 Å². The van der Waals surface area contributed by atoms with Crippen LogP contribution in [0.3, 0.4) is 0 Å².